The fourth-order valence-electron chi connectivity index (χ4n) is 2.58. The standard InChI is InChI=1S/C19H20N4/c1-3-13-23(2)18-14-17(15-9-11-20-12-10-15)19(22-21-18)16-7-5-4-6-8-16/h4-12,14H,3,13H2,1-2H3. The third kappa shape index (κ3) is 3.37. The van der Waals surface area contributed by atoms with Gasteiger partial charge in [0.05, 0.1) is 0 Å². The summed E-state index contributed by atoms with van der Waals surface area (Å²) in [5, 5.41) is 8.94. The van der Waals surface area contributed by atoms with E-state index in [1.807, 2.05) is 37.4 Å². The first-order chi connectivity index (χ1) is 11.3. The smallest absolute Gasteiger partial charge is 0.151 e. The Balaban J connectivity index is 2.13. The zero-order valence-corrected chi connectivity index (χ0v) is 13.5. The Kier molecular flexibility index (Phi) is 4.62. The van der Waals surface area contributed by atoms with Gasteiger partial charge < -0.3 is 4.90 Å². The van der Waals surface area contributed by atoms with Crippen molar-refractivity contribution < 1.29 is 0 Å². The summed E-state index contributed by atoms with van der Waals surface area (Å²) < 4.78 is 0. The lowest BCUT2D eigenvalue weighted by Crippen LogP contribution is -2.19. The van der Waals surface area contributed by atoms with Gasteiger partial charge >= 0.3 is 0 Å². The fraction of sp³-hybridized carbons (Fsp3) is 0.211. The molecular formula is C19H20N4. The van der Waals surface area contributed by atoms with Crippen molar-refractivity contribution in [2.24, 2.45) is 0 Å². The molecule has 2 heterocycles. The highest BCUT2D eigenvalue weighted by Crippen LogP contribution is 2.31. The molecule has 0 saturated heterocycles. The average molecular weight is 304 g/mol. The topological polar surface area (TPSA) is 41.9 Å². The van der Waals surface area contributed by atoms with Gasteiger partial charge in [-0.05, 0) is 30.2 Å². The van der Waals surface area contributed by atoms with Crippen LogP contribution in [0.5, 0.6) is 0 Å². The van der Waals surface area contributed by atoms with Crippen LogP contribution in [0.25, 0.3) is 22.4 Å². The van der Waals surface area contributed by atoms with Gasteiger partial charge in [-0.3, -0.25) is 4.98 Å². The minimum atomic E-state index is 0.887. The molecule has 3 aromatic rings. The summed E-state index contributed by atoms with van der Waals surface area (Å²) in [4.78, 5) is 6.25. The second-order valence-electron chi connectivity index (χ2n) is 5.49. The molecule has 4 nitrogen and oxygen atoms in total. The molecule has 1 aromatic carbocycles. The first-order valence-corrected chi connectivity index (χ1v) is 7.84. The molecule has 0 spiro atoms. The predicted molar refractivity (Wildman–Crippen MR) is 94.3 cm³/mol. The largest absolute Gasteiger partial charge is 0.358 e. The number of rotatable bonds is 5. The molecule has 0 aliphatic heterocycles. The van der Waals surface area contributed by atoms with Crippen molar-refractivity contribution in [2.45, 2.75) is 13.3 Å². The van der Waals surface area contributed by atoms with Crippen molar-refractivity contribution in [2.75, 3.05) is 18.5 Å². The number of aromatic nitrogens is 3. The van der Waals surface area contributed by atoms with Crippen LogP contribution < -0.4 is 4.90 Å². The van der Waals surface area contributed by atoms with Crippen LogP contribution in [0.2, 0.25) is 0 Å². The van der Waals surface area contributed by atoms with E-state index in [2.05, 4.69) is 45.2 Å². The third-order valence-electron chi connectivity index (χ3n) is 3.77. The summed E-state index contributed by atoms with van der Waals surface area (Å²) in [6.07, 6.45) is 4.68. The second-order valence-corrected chi connectivity index (χ2v) is 5.49. The van der Waals surface area contributed by atoms with Gasteiger partial charge in [0, 0.05) is 37.1 Å². The minimum absolute atomic E-state index is 0.887. The van der Waals surface area contributed by atoms with Crippen LogP contribution in [0.15, 0.2) is 60.9 Å². The van der Waals surface area contributed by atoms with E-state index in [0.29, 0.717) is 0 Å². The SMILES string of the molecule is CCCN(C)c1cc(-c2ccncc2)c(-c2ccccc2)nn1. The Morgan fingerprint density at radius 3 is 2.35 bits per heavy atom. The van der Waals surface area contributed by atoms with Gasteiger partial charge in [-0.2, -0.15) is 0 Å². The molecule has 0 atom stereocenters. The van der Waals surface area contributed by atoms with Gasteiger partial charge in [-0.25, -0.2) is 0 Å². The molecule has 116 valence electrons. The van der Waals surface area contributed by atoms with Gasteiger partial charge in [0.25, 0.3) is 0 Å². The summed E-state index contributed by atoms with van der Waals surface area (Å²) in [5.74, 6) is 0.887. The highest BCUT2D eigenvalue weighted by molar-refractivity contribution is 5.81. The number of benzene rings is 1. The van der Waals surface area contributed by atoms with E-state index in [1.54, 1.807) is 12.4 Å². The molecule has 0 aliphatic carbocycles. The van der Waals surface area contributed by atoms with E-state index in [0.717, 1.165) is 41.2 Å². The van der Waals surface area contributed by atoms with Crippen molar-refractivity contribution >= 4 is 5.82 Å². The van der Waals surface area contributed by atoms with Crippen molar-refractivity contribution in [3.05, 3.63) is 60.9 Å². The average Bonchev–Trinajstić information content (AvgIpc) is 2.63. The van der Waals surface area contributed by atoms with Gasteiger partial charge in [0.2, 0.25) is 0 Å². The lowest BCUT2D eigenvalue weighted by molar-refractivity contribution is 0.823. The highest BCUT2D eigenvalue weighted by Gasteiger charge is 2.13. The number of pyridine rings is 1. The summed E-state index contributed by atoms with van der Waals surface area (Å²) in [6, 6.07) is 16.3. The predicted octanol–water partition coefficient (Wildman–Crippen LogP) is 4.05. The van der Waals surface area contributed by atoms with Crippen molar-refractivity contribution in [1.29, 1.82) is 0 Å². The molecule has 0 unspecified atom stereocenters. The van der Waals surface area contributed by atoms with Gasteiger partial charge in [-0.1, -0.05) is 37.3 Å². The molecule has 3 rings (SSSR count). The maximum Gasteiger partial charge on any atom is 0.151 e. The number of hydrogen-bond donors (Lipinski definition) is 0. The quantitative estimate of drug-likeness (QED) is 0.713. The van der Waals surface area contributed by atoms with E-state index in [9.17, 15) is 0 Å². The normalized spacial score (nSPS) is 10.5. The van der Waals surface area contributed by atoms with Crippen LogP contribution >= 0.6 is 0 Å². The zero-order chi connectivity index (χ0) is 16.1. The van der Waals surface area contributed by atoms with E-state index >= 15 is 0 Å². The van der Waals surface area contributed by atoms with Gasteiger partial charge in [0.15, 0.2) is 5.82 Å². The van der Waals surface area contributed by atoms with Crippen molar-refractivity contribution in [1.82, 2.24) is 15.2 Å². The van der Waals surface area contributed by atoms with Crippen LogP contribution in [0.1, 0.15) is 13.3 Å². The Bertz CT molecular complexity index is 757. The summed E-state index contributed by atoms with van der Waals surface area (Å²) in [5.41, 5.74) is 4.13. The van der Waals surface area contributed by atoms with Gasteiger partial charge in [0.1, 0.15) is 5.69 Å². The monoisotopic (exact) mass is 304 g/mol. The zero-order valence-electron chi connectivity index (χ0n) is 13.5. The molecule has 4 heteroatoms. The minimum Gasteiger partial charge on any atom is -0.358 e. The fourth-order valence-corrected chi connectivity index (χ4v) is 2.58. The van der Waals surface area contributed by atoms with E-state index < -0.39 is 0 Å². The van der Waals surface area contributed by atoms with Crippen LogP contribution in [0, 0.1) is 0 Å². The lowest BCUT2D eigenvalue weighted by Gasteiger charge is -2.18. The Hall–Kier alpha value is -2.75. The summed E-state index contributed by atoms with van der Waals surface area (Å²) in [6.45, 7) is 3.11. The molecule has 2 aromatic heterocycles. The van der Waals surface area contributed by atoms with Crippen LogP contribution in [-0.4, -0.2) is 28.8 Å². The van der Waals surface area contributed by atoms with E-state index in [4.69, 9.17) is 0 Å². The molecule has 0 aliphatic rings. The van der Waals surface area contributed by atoms with Crippen LogP contribution in [0.3, 0.4) is 0 Å². The number of anilines is 1. The van der Waals surface area contributed by atoms with Crippen LogP contribution in [0.4, 0.5) is 5.82 Å². The molecular weight excluding hydrogens is 284 g/mol. The Morgan fingerprint density at radius 2 is 1.65 bits per heavy atom. The Morgan fingerprint density at radius 1 is 0.913 bits per heavy atom. The molecule has 0 radical (unpaired) electrons. The number of nitrogens with zero attached hydrogens (tertiary/aromatic N) is 4. The first kappa shape index (κ1) is 15.2. The van der Waals surface area contributed by atoms with Crippen LogP contribution in [-0.2, 0) is 0 Å². The Labute approximate surface area is 136 Å². The lowest BCUT2D eigenvalue weighted by atomic mass is 10.0. The molecule has 0 amide bonds. The molecule has 0 saturated carbocycles. The first-order valence-electron chi connectivity index (χ1n) is 7.84. The molecule has 0 N–H and O–H groups in total. The molecule has 0 fully saturated rings. The molecule has 23 heavy (non-hydrogen) atoms. The molecule has 0 bridgehead atoms. The maximum absolute atomic E-state index is 4.52. The van der Waals surface area contributed by atoms with Crippen molar-refractivity contribution in [3.63, 3.8) is 0 Å². The highest BCUT2D eigenvalue weighted by atomic mass is 15.2. The second kappa shape index (κ2) is 7.01. The summed E-state index contributed by atoms with van der Waals surface area (Å²) in [7, 11) is 2.05. The van der Waals surface area contributed by atoms with E-state index in [1.165, 1.54) is 0 Å². The van der Waals surface area contributed by atoms with Gasteiger partial charge in [-0.15, -0.1) is 10.2 Å². The van der Waals surface area contributed by atoms with E-state index in [-0.39, 0.29) is 0 Å². The maximum atomic E-state index is 4.52. The summed E-state index contributed by atoms with van der Waals surface area (Å²) >= 11 is 0. The third-order valence-corrected chi connectivity index (χ3v) is 3.77. The number of hydrogen-bond acceptors (Lipinski definition) is 4. The van der Waals surface area contributed by atoms with Crippen molar-refractivity contribution in [3.8, 4) is 22.4 Å².